The molecule has 6 rings (SSSR count). The second kappa shape index (κ2) is 19.2. The van der Waals surface area contributed by atoms with E-state index in [1.165, 1.54) is 22.3 Å². The first kappa shape index (κ1) is 44.8. The maximum Gasteiger partial charge on any atom is 0.189 e. The number of fused-ring (bicyclic) bond motifs is 2. The van der Waals surface area contributed by atoms with E-state index < -0.39 is 16.1 Å². The van der Waals surface area contributed by atoms with Crippen molar-refractivity contribution in [2.75, 3.05) is 25.7 Å². The van der Waals surface area contributed by atoms with Gasteiger partial charge in [0.15, 0.2) is 10.3 Å². The minimum absolute atomic E-state index is 0.504. The molecule has 2 aromatic carbocycles. The van der Waals surface area contributed by atoms with Crippen LogP contribution in [0.5, 0.6) is 0 Å². The summed E-state index contributed by atoms with van der Waals surface area (Å²) in [5, 5.41) is 3.63. The monoisotopic (exact) mass is 954 g/mol. The van der Waals surface area contributed by atoms with Gasteiger partial charge in [-0.1, -0.05) is 110 Å². The van der Waals surface area contributed by atoms with Crippen molar-refractivity contribution in [2.45, 2.75) is 103 Å². The van der Waals surface area contributed by atoms with Crippen molar-refractivity contribution in [3.63, 3.8) is 0 Å². The van der Waals surface area contributed by atoms with Crippen molar-refractivity contribution < 1.29 is 9.47 Å². The fourth-order valence-electron chi connectivity index (χ4n) is 6.25. The van der Waals surface area contributed by atoms with Gasteiger partial charge in [0.1, 0.15) is 24.8 Å². The van der Waals surface area contributed by atoms with Crippen molar-refractivity contribution in [1.29, 1.82) is 0 Å². The third-order valence-electron chi connectivity index (χ3n) is 9.39. The van der Waals surface area contributed by atoms with Gasteiger partial charge in [-0.3, -0.25) is 0 Å². The van der Waals surface area contributed by atoms with Crippen LogP contribution in [0.15, 0.2) is 68.1 Å². The Morgan fingerprint density at radius 2 is 0.964 bits per heavy atom. The Kier molecular flexibility index (Phi) is 15.3. The van der Waals surface area contributed by atoms with Crippen molar-refractivity contribution in [1.82, 2.24) is 29.1 Å². The Morgan fingerprint density at radius 3 is 1.29 bits per heavy atom. The molecule has 300 valence electrons. The molecule has 0 spiro atoms. The summed E-state index contributed by atoms with van der Waals surface area (Å²) in [5.41, 5.74) is 11.0. The molecule has 0 bridgehead atoms. The van der Waals surface area contributed by atoms with Crippen LogP contribution in [-0.2, 0) is 22.9 Å². The van der Waals surface area contributed by atoms with Gasteiger partial charge >= 0.3 is 0 Å². The van der Waals surface area contributed by atoms with Crippen molar-refractivity contribution in [3.8, 4) is 22.5 Å². The number of aromatic nitrogens is 6. The fourth-order valence-corrected chi connectivity index (χ4v) is 9.71. The minimum atomic E-state index is -1.10. The van der Waals surface area contributed by atoms with Gasteiger partial charge in [-0.15, -0.1) is 0 Å². The van der Waals surface area contributed by atoms with E-state index >= 15 is 0 Å². The molecule has 6 aromatic rings. The maximum absolute atomic E-state index is 5.99. The van der Waals surface area contributed by atoms with Gasteiger partial charge in [0.05, 0.1) is 22.2 Å². The van der Waals surface area contributed by atoms with E-state index in [1.807, 2.05) is 12.5 Å². The predicted molar refractivity (Wildman–Crippen MR) is 252 cm³/mol. The Balaban J connectivity index is 0.000000214. The van der Waals surface area contributed by atoms with Crippen LogP contribution in [0.3, 0.4) is 0 Å². The molecule has 0 saturated carbocycles. The number of hydrogen-bond acceptors (Lipinski definition) is 8. The van der Waals surface area contributed by atoms with Gasteiger partial charge in [-0.25, -0.2) is 19.9 Å². The third kappa shape index (κ3) is 11.5. The highest BCUT2D eigenvalue weighted by atomic mass is 79.9. The molecule has 0 amide bonds. The van der Waals surface area contributed by atoms with Crippen LogP contribution in [0.2, 0.25) is 51.4 Å². The number of hydrogen-bond donors (Lipinski definition) is 0. The van der Waals surface area contributed by atoms with Crippen LogP contribution in [0, 0.1) is 27.7 Å². The zero-order valence-corrected chi connectivity index (χ0v) is 41.7. The summed E-state index contributed by atoms with van der Waals surface area (Å²) in [6.07, 6.45) is 8.15. The summed E-state index contributed by atoms with van der Waals surface area (Å²) >= 11 is 10.6. The molecular weight excluding hydrogens is 901 g/mol. The molecule has 0 radical (unpaired) electrons. The first-order chi connectivity index (χ1) is 26.4. The van der Waals surface area contributed by atoms with Gasteiger partial charge in [0.25, 0.3) is 0 Å². The van der Waals surface area contributed by atoms with Crippen LogP contribution >= 0.6 is 55.4 Å². The summed E-state index contributed by atoms with van der Waals surface area (Å²) in [6.45, 7) is 25.3. The van der Waals surface area contributed by atoms with Crippen molar-refractivity contribution >= 4 is 93.6 Å². The van der Waals surface area contributed by atoms with Crippen LogP contribution in [0.25, 0.3) is 44.6 Å². The van der Waals surface area contributed by atoms with Crippen molar-refractivity contribution in [3.05, 3.63) is 80.0 Å². The number of nitrogens with zero attached hydrogens (tertiary/aromatic N) is 6. The Hall–Kier alpha value is -2.31. The zero-order valence-electron chi connectivity index (χ0n) is 34.9. The van der Waals surface area contributed by atoms with Gasteiger partial charge in [-0.2, -0.15) is 0 Å². The number of aryl methyl sites for hydroxylation is 4. The molecule has 4 aromatic heterocycles. The Bertz CT molecular complexity index is 2160. The molecule has 0 atom stereocenters. The topological polar surface area (TPSA) is 79.9 Å². The molecule has 0 aliphatic carbocycles. The Morgan fingerprint density at radius 1 is 0.589 bits per heavy atom. The van der Waals surface area contributed by atoms with Gasteiger partial charge in [0, 0.05) is 61.8 Å². The summed E-state index contributed by atoms with van der Waals surface area (Å²) in [7, 11) is -2.19. The highest BCUT2D eigenvalue weighted by molar-refractivity contribution is 9.11. The summed E-state index contributed by atoms with van der Waals surface area (Å²) < 4.78 is 18.1. The lowest BCUT2D eigenvalue weighted by molar-refractivity contribution is 0.0896. The van der Waals surface area contributed by atoms with Gasteiger partial charge < -0.3 is 18.6 Å². The second-order valence-corrected chi connectivity index (χ2v) is 31.2. The summed E-state index contributed by atoms with van der Waals surface area (Å²) in [6, 6.07) is 15.3. The van der Waals surface area contributed by atoms with E-state index in [4.69, 9.17) is 29.4 Å². The fraction of sp³-hybridized carbons (Fsp3) is 0.429. The normalized spacial score (nSPS) is 12.1. The van der Waals surface area contributed by atoms with Gasteiger partial charge in [-0.05, 0) is 95.3 Å². The smallest absolute Gasteiger partial charge is 0.189 e. The predicted octanol–water partition coefficient (Wildman–Crippen LogP) is 13.0. The van der Waals surface area contributed by atoms with E-state index in [-0.39, 0.29) is 0 Å². The highest BCUT2D eigenvalue weighted by Crippen LogP contribution is 2.38. The second-order valence-electron chi connectivity index (χ2n) is 16.7. The van der Waals surface area contributed by atoms with Crippen molar-refractivity contribution in [2.24, 2.45) is 0 Å². The highest BCUT2D eigenvalue weighted by Gasteiger charge is 2.21. The molecule has 0 fully saturated rings. The van der Waals surface area contributed by atoms with Gasteiger partial charge in [0.2, 0.25) is 0 Å². The molecule has 0 aliphatic heterocycles. The molecule has 0 aliphatic rings. The first-order valence-electron chi connectivity index (χ1n) is 18.9. The quantitative estimate of drug-likeness (QED) is 0.0462. The molecule has 0 saturated heterocycles. The lowest BCUT2D eigenvalue weighted by Gasteiger charge is -2.16. The SMILES string of the molecule is CSc1nc(-c2ccc(C)cc2C)c2c(Br)cn(COCC[Si](C)(C)C)c2n1.CSc1nc(-c2ccc(C)cc2C)c2c(Br)cn(COCC[Si](C)(C)C)c2n1. The van der Waals surface area contributed by atoms with Crippen LogP contribution < -0.4 is 0 Å². The minimum Gasteiger partial charge on any atom is -0.361 e. The molecule has 56 heavy (non-hydrogen) atoms. The summed E-state index contributed by atoms with van der Waals surface area (Å²) in [5.74, 6) is 0. The maximum atomic E-state index is 5.99. The van der Waals surface area contributed by atoms with E-state index in [9.17, 15) is 0 Å². The zero-order chi connectivity index (χ0) is 40.9. The standard InChI is InChI=1S/2C21H28BrN3OSSi/c2*1-14-7-8-16(15(2)11-14)19-18-17(22)12-25(13-26-9-10-28(4,5)6)20(18)24-21(23-19)27-3/h2*7-8,11-12H,9-10,13H2,1-6H3. The average molecular weight is 957 g/mol. The molecular formula is C42H56Br2N6O2S2Si2. The number of rotatable bonds is 14. The largest absolute Gasteiger partial charge is 0.361 e. The van der Waals surface area contributed by atoms with Crippen LogP contribution in [0.1, 0.15) is 22.3 Å². The molecule has 4 heterocycles. The molecule has 8 nitrogen and oxygen atoms in total. The molecule has 14 heteroatoms. The van der Waals surface area contributed by atoms with Crippen LogP contribution in [0.4, 0.5) is 0 Å². The number of halogens is 2. The van der Waals surface area contributed by atoms with Crippen LogP contribution in [-0.4, -0.2) is 70.9 Å². The average Bonchev–Trinajstić information content (AvgIpc) is 3.62. The number of benzene rings is 2. The number of thioether (sulfide) groups is 2. The Labute approximate surface area is 360 Å². The van der Waals surface area contributed by atoms with E-state index in [0.717, 1.165) is 89.1 Å². The first-order valence-corrected chi connectivity index (χ1v) is 30.4. The third-order valence-corrected chi connectivity index (χ3v) is 15.1. The lowest BCUT2D eigenvalue weighted by Crippen LogP contribution is -2.22. The molecule has 0 N–H and O–H groups in total. The summed E-state index contributed by atoms with van der Waals surface area (Å²) in [4.78, 5) is 19.3. The number of ether oxygens (including phenoxy) is 2. The van der Waals surface area contributed by atoms with E-state index in [0.29, 0.717) is 13.5 Å². The van der Waals surface area contributed by atoms with E-state index in [1.54, 1.807) is 23.5 Å². The lowest BCUT2D eigenvalue weighted by atomic mass is 10.0. The van der Waals surface area contributed by atoms with E-state index in [2.05, 4.69) is 157 Å². The molecule has 0 unspecified atom stereocenters.